The van der Waals surface area contributed by atoms with Gasteiger partial charge in [-0.25, -0.2) is 12.8 Å². The predicted molar refractivity (Wildman–Crippen MR) is 103 cm³/mol. The first-order valence-electron chi connectivity index (χ1n) is 8.30. The van der Waals surface area contributed by atoms with E-state index in [2.05, 4.69) is 10.5 Å². The maximum atomic E-state index is 13.6. The summed E-state index contributed by atoms with van der Waals surface area (Å²) in [6, 6.07) is 4.85. The summed E-state index contributed by atoms with van der Waals surface area (Å²) in [7, 11) is -4.66. The SMILES string of the molecule is Cc1oncc1C(=O)Nc1ccc(NS(=O)(=O)c2cc(F)ccc2Cl)c(C(F)(F)F)c1. The van der Waals surface area contributed by atoms with Crippen molar-refractivity contribution < 1.29 is 35.3 Å². The standard InChI is InChI=1S/C18H12ClF4N3O4S/c1-9-12(8-24-30-9)17(27)25-11-3-5-15(13(7-11)18(21,22)23)26-31(28,29)16-6-10(20)2-4-14(16)19/h2-8,26H,1H3,(H,25,27). The summed E-state index contributed by atoms with van der Waals surface area (Å²) in [4.78, 5) is 11.4. The van der Waals surface area contributed by atoms with Crippen LogP contribution < -0.4 is 10.0 Å². The summed E-state index contributed by atoms with van der Waals surface area (Å²) < 4.78 is 85.6. The number of sulfonamides is 1. The number of anilines is 2. The molecule has 0 aliphatic heterocycles. The molecule has 1 amide bonds. The van der Waals surface area contributed by atoms with Gasteiger partial charge in [-0.2, -0.15) is 13.2 Å². The molecule has 0 unspecified atom stereocenters. The lowest BCUT2D eigenvalue weighted by Gasteiger charge is -2.17. The Morgan fingerprint density at radius 3 is 2.48 bits per heavy atom. The number of halogens is 5. The summed E-state index contributed by atoms with van der Waals surface area (Å²) >= 11 is 5.75. The van der Waals surface area contributed by atoms with Gasteiger partial charge in [-0.3, -0.25) is 9.52 Å². The lowest BCUT2D eigenvalue weighted by atomic mass is 10.1. The van der Waals surface area contributed by atoms with E-state index in [1.807, 2.05) is 0 Å². The van der Waals surface area contributed by atoms with Crippen LogP contribution in [0.4, 0.5) is 28.9 Å². The minimum Gasteiger partial charge on any atom is -0.361 e. The van der Waals surface area contributed by atoms with Gasteiger partial charge in [0.2, 0.25) is 0 Å². The van der Waals surface area contributed by atoms with E-state index in [1.54, 1.807) is 4.72 Å². The zero-order chi connectivity index (χ0) is 23.0. The van der Waals surface area contributed by atoms with Crippen molar-refractivity contribution in [1.29, 1.82) is 0 Å². The molecule has 0 spiro atoms. The summed E-state index contributed by atoms with van der Waals surface area (Å²) in [5.41, 5.74) is -2.47. The molecule has 2 N–H and O–H groups in total. The van der Waals surface area contributed by atoms with Crippen LogP contribution in [0.2, 0.25) is 5.02 Å². The molecular formula is C18H12ClF4N3O4S. The summed E-state index contributed by atoms with van der Waals surface area (Å²) in [5.74, 6) is -1.56. The number of carbonyl (C=O) groups is 1. The molecule has 13 heteroatoms. The second kappa shape index (κ2) is 8.19. The number of benzene rings is 2. The third-order valence-corrected chi connectivity index (χ3v) is 5.85. The fourth-order valence-electron chi connectivity index (χ4n) is 2.54. The van der Waals surface area contributed by atoms with Crippen molar-refractivity contribution in [2.24, 2.45) is 0 Å². The number of nitrogens with zero attached hydrogens (tertiary/aromatic N) is 1. The second-order valence-electron chi connectivity index (χ2n) is 6.19. The van der Waals surface area contributed by atoms with E-state index in [0.717, 1.165) is 30.5 Å². The highest BCUT2D eigenvalue weighted by Gasteiger charge is 2.35. The maximum absolute atomic E-state index is 13.6. The van der Waals surface area contributed by atoms with E-state index in [1.165, 1.54) is 6.92 Å². The molecule has 1 heterocycles. The quantitative estimate of drug-likeness (QED) is 0.512. The van der Waals surface area contributed by atoms with Gasteiger partial charge in [-0.1, -0.05) is 16.8 Å². The van der Waals surface area contributed by atoms with Gasteiger partial charge >= 0.3 is 6.18 Å². The molecule has 7 nitrogen and oxygen atoms in total. The van der Waals surface area contributed by atoms with E-state index in [0.29, 0.717) is 12.1 Å². The Hall–Kier alpha value is -3.12. The van der Waals surface area contributed by atoms with Crippen molar-refractivity contribution in [2.45, 2.75) is 18.0 Å². The van der Waals surface area contributed by atoms with E-state index < -0.39 is 44.1 Å². The van der Waals surface area contributed by atoms with Gasteiger partial charge in [0.1, 0.15) is 22.0 Å². The number of rotatable bonds is 5. The Morgan fingerprint density at radius 2 is 1.87 bits per heavy atom. The molecule has 0 aliphatic carbocycles. The summed E-state index contributed by atoms with van der Waals surface area (Å²) in [5, 5.41) is 5.28. The zero-order valence-corrected chi connectivity index (χ0v) is 17.0. The van der Waals surface area contributed by atoms with Gasteiger partial charge < -0.3 is 9.84 Å². The van der Waals surface area contributed by atoms with E-state index in [4.69, 9.17) is 16.1 Å². The minimum atomic E-state index is -4.99. The van der Waals surface area contributed by atoms with Crippen LogP contribution in [0.5, 0.6) is 0 Å². The van der Waals surface area contributed by atoms with Crippen LogP contribution in [-0.4, -0.2) is 19.5 Å². The number of carbonyl (C=O) groups excluding carboxylic acids is 1. The monoisotopic (exact) mass is 477 g/mol. The van der Waals surface area contributed by atoms with Crippen LogP contribution in [0.15, 0.2) is 52.0 Å². The fourth-order valence-corrected chi connectivity index (χ4v) is 4.14. The van der Waals surface area contributed by atoms with Crippen LogP contribution in [-0.2, 0) is 16.2 Å². The van der Waals surface area contributed by atoms with Gasteiger partial charge in [-0.15, -0.1) is 0 Å². The number of amides is 1. The van der Waals surface area contributed by atoms with Crippen molar-refractivity contribution >= 4 is 38.9 Å². The Bertz CT molecular complexity index is 1260. The Labute approximate surface area is 178 Å². The Kier molecular flexibility index (Phi) is 5.96. The molecular weight excluding hydrogens is 466 g/mol. The third-order valence-electron chi connectivity index (χ3n) is 4.01. The van der Waals surface area contributed by atoms with E-state index >= 15 is 0 Å². The molecule has 0 saturated carbocycles. The lowest BCUT2D eigenvalue weighted by Crippen LogP contribution is -2.19. The summed E-state index contributed by atoms with van der Waals surface area (Å²) in [6.07, 6.45) is -3.89. The normalized spacial score (nSPS) is 11.9. The average molecular weight is 478 g/mol. The Balaban J connectivity index is 1.96. The molecule has 31 heavy (non-hydrogen) atoms. The molecule has 2 aromatic carbocycles. The highest BCUT2D eigenvalue weighted by Crippen LogP contribution is 2.38. The van der Waals surface area contributed by atoms with Crippen molar-refractivity contribution in [1.82, 2.24) is 5.16 Å². The highest BCUT2D eigenvalue weighted by atomic mass is 35.5. The van der Waals surface area contributed by atoms with Gasteiger partial charge in [-0.05, 0) is 43.3 Å². The van der Waals surface area contributed by atoms with Crippen LogP contribution >= 0.6 is 11.6 Å². The smallest absolute Gasteiger partial charge is 0.361 e. The molecule has 0 saturated heterocycles. The number of nitrogens with one attached hydrogen (secondary N) is 2. The largest absolute Gasteiger partial charge is 0.418 e. The van der Waals surface area contributed by atoms with Crippen molar-refractivity contribution in [3.63, 3.8) is 0 Å². The highest BCUT2D eigenvalue weighted by molar-refractivity contribution is 7.92. The van der Waals surface area contributed by atoms with Crippen LogP contribution in [0.1, 0.15) is 21.7 Å². The topological polar surface area (TPSA) is 101 Å². The molecule has 0 atom stereocenters. The van der Waals surface area contributed by atoms with Gasteiger partial charge in [0, 0.05) is 5.69 Å². The van der Waals surface area contributed by atoms with Gasteiger partial charge in [0.05, 0.1) is 22.5 Å². The third kappa shape index (κ3) is 4.97. The number of aromatic nitrogens is 1. The molecule has 1 aromatic heterocycles. The van der Waals surface area contributed by atoms with Crippen molar-refractivity contribution in [3.05, 3.63) is 70.3 Å². The first-order chi connectivity index (χ1) is 14.4. The maximum Gasteiger partial charge on any atom is 0.418 e. The lowest BCUT2D eigenvalue weighted by molar-refractivity contribution is -0.136. The van der Waals surface area contributed by atoms with Crippen LogP contribution in [0.3, 0.4) is 0 Å². The Morgan fingerprint density at radius 1 is 1.16 bits per heavy atom. The van der Waals surface area contributed by atoms with Gasteiger partial charge in [0.15, 0.2) is 0 Å². The molecule has 3 rings (SSSR count). The number of hydrogen-bond donors (Lipinski definition) is 2. The van der Waals surface area contributed by atoms with Gasteiger partial charge in [0.25, 0.3) is 15.9 Å². The fraction of sp³-hybridized carbons (Fsp3) is 0.111. The first kappa shape index (κ1) is 22.6. The second-order valence-corrected chi connectivity index (χ2v) is 8.25. The number of hydrogen-bond acceptors (Lipinski definition) is 5. The molecule has 0 radical (unpaired) electrons. The van der Waals surface area contributed by atoms with Crippen molar-refractivity contribution in [3.8, 4) is 0 Å². The average Bonchev–Trinajstić information content (AvgIpc) is 3.10. The van der Waals surface area contributed by atoms with Crippen molar-refractivity contribution in [2.75, 3.05) is 10.0 Å². The number of alkyl halides is 3. The molecule has 3 aromatic rings. The zero-order valence-electron chi connectivity index (χ0n) is 15.4. The minimum absolute atomic E-state index is 0.0130. The predicted octanol–water partition coefficient (Wildman–Crippen LogP) is 4.85. The molecule has 0 bridgehead atoms. The molecule has 0 aliphatic rings. The first-order valence-corrected chi connectivity index (χ1v) is 10.2. The van der Waals surface area contributed by atoms with E-state index in [-0.39, 0.29) is 22.0 Å². The summed E-state index contributed by atoms with van der Waals surface area (Å²) in [6.45, 7) is 1.44. The molecule has 164 valence electrons. The van der Waals surface area contributed by atoms with Crippen LogP contribution in [0, 0.1) is 12.7 Å². The van der Waals surface area contributed by atoms with E-state index in [9.17, 15) is 30.8 Å². The van der Waals surface area contributed by atoms with Crippen LogP contribution in [0.25, 0.3) is 0 Å². The number of aryl methyl sites for hydroxylation is 1. The molecule has 0 fully saturated rings.